The second-order valence-corrected chi connectivity index (χ2v) is 3.56. The smallest absolute Gasteiger partial charge is 0.255 e. The Hall–Kier alpha value is -2.00. The third-order valence-electron chi connectivity index (χ3n) is 2.32. The van der Waals surface area contributed by atoms with Gasteiger partial charge in [-0.15, -0.1) is 0 Å². The summed E-state index contributed by atoms with van der Waals surface area (Å²) in [5, 5.41) is 8.55. The highest BCUT2D eigenvalue weighted by Crippen LogP contribution is 2.05. The van der Waals surface area contributed by atoms with Crippen molar-refractivity contribution in [2.24, 2.45) is 0 Å². The van der Waals surface area contributed by atoms with Crippen LogP contribution in [-0.2, 0) is 4.74 Å². The molecule has 1 aromatic rings. The number of halogens is 1. The summed E-state index contributed by atoms with van der Waals surface area (Å²) in [6.07, 6.45) is 1.42. The van der Waals surface area contributed by atoms with Crippen LogP contribution in [0.15, 0.2) is 18.3 Å². The predicted octanol–water partition coefficient (Wildman–Crippen LogP) is 1.22. The van der Waals surface area contributed by atoms with Crippen molar-refractivity contribution >= 4 is 5.91 Å². The third-order valence-corrected chi connectivity index (χ3v) is 2.32. The Morgan fingerprint density at radius 3 is 2.89 bits per heavy atom. The molecule has 0 aliphatic rings. The van der Waals surface area contributed by atoms with Gasteiger partial charge in [0, 0.05) is 26.4 Å². The number of carbonyl (C=O) groups excluding carboxylic acids is 1. The van der Waals surface area contributed by atoms with Crippen molar-refractivity contribution in [2.45, 2.75) is 6.42 Å². The molecule has 0 fully saturated rings. The van der Waals surface area contributed by atoms with Gasteiger partial charge in [-0.1, -0.05) is 0 Å². The number of carbonyl (C=O) groups is 1. The first kappa shape index (κ1) is 14.1. The fourth-order valence-electron chi connectivity index (χ4n) is 1.39. The highest BCUT2D eigenvalue weighted by molar-refractivity contribution is 5.93. The lowest BCUT2D eigenvalue weighted by Crippen LogP contribution is -2.34. The minimum atomic E-state index is -0.632. The molecule has 0 aromatic carbocycles. The van der Waals surface area contributed by atoms with Gasteiger partial charge < -0.3 is 9.64 Å². The van der Waals surface area contributed by atoms with Crippen molar-refractivity contribution < 1.29 is 13.9 Å². The van der Waals surface area contributed by atoms with Crippen LogP contribution in [0.2, 0.25) is 0 Å². The van der Waals surface area contributed by atoms with Crippen LogP contribution in [0.3, 0.4) is 0 Å². The van der Waals surface area contributed by atoms with E-state index in [1.54, 1.807) is 0 Å². The Kier molecular flexibility index (Phi) is 5.74. The lowest BCUT2D eigenvalue weighted by atomic mass is 10.2. The summed E-state index contributed by atoms with van der Waals surface area (Å²) in [4.78, 5) is 17.0. The molecule has 0 radical (unpaired) electrons. The largest absolute Gasteiger partial charge is 0.383 e. The topological polar surface area (TPSA) is 66.2 Å². The summed E-state index contributed by atoms with van der Waals surface area (Å²) in [7, 11) is 1.53. The van der Waals surface area contributed by atoms with Gasteiger partial charge in [-0.3, -0.25) is 4.79 Å². The van der Waals surface area contributed by atoms with Crippen LogP contribution in [0.25, 0.3) is 0 Å². The lowest BCUT2D eigenvalue weighted by Gasteiger charge is -2.21. The summed E-state index contributed by atoms with van der Waals surface area (Å²) >= 11 is 0. The van der Waals surface area contributed by atoms with Crippen LogP contribution in [0.5, 0.6) is 0 Å². The minimum Gasteiger partial charge on any atom is -0.383 e. The normalized spacial score (nSPS) is 9.83. The molecule has 0 atom stereocenters. The molecule has 1 amide bonds. The van der Waals surface area contributed by atoms with E-state index in [0.29, 0.717) is 25.3 Å². The highest BCUT2D eigenvalue weighted by atomic mass is 19.1. The number of pyridine rings is 1. The van der Waals surface area contributed by atoms with Crippen molar-refractivity contribution in [1.82, 2.24) is 9.88 Å². The van der Waals surface area contributed by atoms with Gasteiger partial charge in [-0.05, 0) is 12.1 Å². The van der Waals surface area contributed by atoms with Crippen molar-refractivity contribution in [3.05, 3.63) is 29.8 Å². The molecule has 6 heteroatoms. The highest BCUT2D eigenvalue weighted by Gasteiger charge is 2.15. The number of nitriles is 1. The number of hydrogen-bond acceptors (Lipinski definition) is 4. The predicted molar refractivity (Wildman–Crippen MR) is 62.2 cm³/mol. The van der Waals surface area contributed by atoms with Gasteiger partial charge in [0.25, 0.3) is 5.91 Å². The average Bonchev–Trinajstić information content (AvgIpc) is 2.39. The summed E-state index contributed by atoms with van der Waals surface area (Å²) < 4.78 is 17.6. The van der Waals surface area contributed by atoms with E-state index in [2.05, 4.69) is 4.98 Å². The van der Waals surface area contributed by atoms with E-state index >= 15 is 0 Å². The van der Waals surface area contributed by atoms with Crippen molar-refractivity contribution in [1.29, 1.82) is 5.26 Å². The minimum absolute atomic E-state index is 0.240. The molecular formula is C12H14FN3O2. The van der Waals surface area contributed by atoms with Gasteiger partial charge in [-0.25, -0.2) is 4.98 Å². The summed E-state index contributed by atoms with van der Waals surface area (Å²) in [6, 6.07) is 4.48. The van der Waals surface area contributed by atoms with Gasteiger partial charge >= 0.3 is 0 Å². The molecule has 0 saturated carbocycles. The van der Waals surface area contributed by atoms with Gasteiger partial charge in [0.1, 0.15) is 0 Å². The molecule has 18 heavy (non-hydrogen) atoms. The van der Waals surface area contributed by atoms with Gasteiger partial charge in [0.2, 0.25) is 5.95 Å². The van der Waals surface area contributed by atoms with Crippen molar-refractivity contribution in [3.63, 3.8) is 0 Å². The average molecular weight is 251 g/mol. The number of methoxy groups -OCH3 is 1. The molecule has 0 bridgehead atoms. The molecule has 1 aromatic heterocycles. The van der Waals surface area contributed by atoms with E-state index in [1.807, 2.05) is 6.07 Å². The monoisotopic (exact) mass is 251 g/mol. The van der Waals surface area contributed by atoms with Crippen LogP contribution in [0.1, 0.15) is 16.8 Å². The first-order valence-electron chi connectivity index (χ1n) is 5.45. The zero-order valence-corrected chi connectivity index (χ0v) is 10.1. The Balaban J connectivity index is 2.74. The zero-order valence-electron chi connectivity index (χ0n) is 10.1. The number of rotatable bonds is 6. The fraction of sp³-hybridized carbons (Fsp3) is 0.417. The number of amides is 1. The van der Waals surface area contributed by atoms with Crippen molar-refractivity contribution in [2.75, 3.05) is 26.8 Å². The SMILES string of the molecule is COCCN(CCC#N)C(=O)c1ccc(F)nc1. The zero-order chi connectivity index (χ0) is 13.4. The van der Waals surface area contributed by atoms with Crippen LogP contribution in [-0.4, -0.2) is 42.6 Å². The molecule has 1 rings (SSSR count). The maximum Gasteiger partial charge on any atom is 0.255 e. The lowest BCUT2D eigenvalue weighted by molar-refractivity contribution is 0.0699. The quantitative estimate of drug-likeness (QED) is 0.713. The van der Waals surface area contributed by atoms with Gasteiger partial charge in [0.15, 0.2) is 0 Å². The number of aromatic nitrogens is 1. The molecular weight excluding hydrogens is 237 g/mol. The first-order chi connectivity index (χ1) is 8.69. The Labute approximate surface area is 105 Å². The van der Waals surface area contributed by atoms with Crippen LogP contribution in [0, 0.1) is 17.3 Å². The Bertz CT molecular complexity index is 428. The molecule has 5 nitrogen and oxygen atoms in total. The van der Waals surface area contributed by atoms with E-state index in [4.69, 9.17) is 10.00 Å². The van der Waals surface area contributed by atoms with Crippen molar-refractivity contribution in [3.8, 4) is 6.07 Å². The van der Waals surface area contributed by atoms with E-state index < -0.39 is 5.95 Å². The fourth-order valence-corrected chi connectivity index (χ4v) is 1.39. The molecule has 0 aliphatic carbocycles. The number of hydrogen-bond donors (Lipinski definition) is 0. The molecule has 96 valence electrons. The van der Waals surface area contributed by atoms with Crippen LogP contribution >= 0.6 is 0 Å². The van der Waals surface area contributed by atoms with Gasteiger partial charge in [-0.2, -0.15) is 9.65 Å². The molecule has 0 spiro atoms. The summed E-state index contributed by atoms with van der Waals surface area (Å²) in [6.45, 7) is 1.08. The van der Waals surface area contributed by atoms with E-state index in [1.165, 1.54) is 24.3 Å². The molecule has 1 heterocycles. The second kappa shape index (κ2) is 7.35. The molecule has 0 aliphatic heterocycles. The standard InChI is InChI=1S/C12H14FN3O2/c1-18-8-7-16(6-2-5-14)12(17)10-3-4-11(13)15-9-10/h3-4,9H,2,6-8H2,1H3. The van der Waals surface area contributed by atoms with Crippen LogP contribution in [0.4, 0.5) is 4.39 Å². The number of ether oxygens (including phenoxy) is 1. The van der Waals surface area contributed by atoms with E-state index in [0.717, 1.165) is 6.07 Å². The first-order valence-corrected chi connectivity index (χ1v) is 5.45. The Morgan fingerprint density at radius 2 is 2.33 bits per heavy atom. The molecule has 0 N–H and O–H groups in total. The van der Waals surface area contributed by atoms with Crippen LogP contribution < -0.4 is 0 Å². The van der Waals surface area contributed by atoms with E-state index in [-0.39, 0.29) is 12.3 Å². The third kappa shape index (κ3) is 4.11. The maximum absolute atomic E-state index is 12.7. The van der Waals surface area contributed by atoms with E-state index in [9.17, 15) is 9.18 Å². The molecule has 0 saturated heterocycles. The molecule has 0 unspecified atom stereocenters. The second-order valence-electron chi connectivity index (χ2n) is 3.56. The summed E-state index contributed by atoms with van der Waals surface area (Å²) in [5.41, 5.74) is 0.297. The Morgan fingerprint density at radius 1 is 1.56 bits per heavy atom. The summed E-state index contributed by atoms with van der Waals surface area (Å²) in [5.74, 6) is -0.915. The van der Waals surface area contributed by atoms with Gasteiger partial charge in [0.05, 0.1) is 24.7 Å². The maximum atomic E-state index is 12.7. The number of nitrogens with zero attached hydrogens (tertiary/aromatic N) is 3.